The molecule has 1 N–H and O–H groups in total. The van der Waals surface area contributed by atoms with Crippen molar-refractivity contribution in [2.24, 2.45) is 0 Å². The first-order valence-electron chi connectivity index (χ1n) is 7.61. The summed E-state index contributed by atoms with van der Waals surface area (Å²) in [5, 5.41) is 2.93. The molecule has 2 aromatic rings. The molecule has 0 radical (unpaired) electrons. The zero-order chi connectivity index (χ0) is 17.7. The van der Waals surface area contributed by atoms with Crippen LogP contribution in [-0.2, 0) is 10.2 Å². The number of amides is 1. The van der Waals surface area contributed by atoms with Crippen LogP contribution in [0.15, 0.2) is 42.5 Å². The molecular weight excluding hydrogens is 306 g/mol. The van der Waals surface area contributed by atoms with E-state index < -0.39 is 5.41 Å². The van der Waals surface area contributed by atoms with E-state index in [2.05, 4.69) is 5.32 Å². The summed E-state index contributed by atoms with van der Waals surface area (Å²) in [4.78, 5) is 12.9. The normalized spacial score (nSPS) is 10.9. The van der Waals surface area contributed by atoms with Crippen LogP contribution in [0.3, 0.4) is 0 Å². The first-order chi connectivity index (χ1) is 11.4. The van der Waals surface area contributed by atoms with Crippen LogP contribution in [0.1, 0.15) is 19.4 Å². The third-order valence-electron chi connectivity index (χ3n) is 4.00. The third-order valence-corrected chi connectivity index (χ3v) is 4.00. The highest BCUT2D eigenvalue weighted by Gasteiger charge is 2.33. The van der Waals surface area contributed by atoms with Gasteiger partial charge in [0.25, 0.3) is 0 Å². The molecule has 0 aliphatic rings. The highest BCUT2D eigenvalue weighted by Crippen LogP contribution is 2.35. The van der Waals surface area contributed by atoms with Crippen LogP contribution in [0.2, 0.25) is 0 Å². The van der Waals surface area contributed by atoms with Crippen molar-refractivity contribution in [1.82, 2.24) is 0 Å². The number of anilines is 1. The number of nitrogens with one attached hydrogen (secondary N) is 1. The predicted molar refractivity (Wildman–Crippen MR) is 94.2 cm³/mol. The fourth-order valence-corrected chi connectivity index (χ4v) is 2.47. The molecule has 0 aliphatic carbocycles. The number of hydrogen-bond acceptors (Lipinski definition) is 4. The van der Waals surface area contributed by atoms with E-state index in [1.807, 2.05) is 38.1 Å². The van der Waals surface area contributed by atoms with E-state index in [1.54, 1.807) is 39.5 Å². The molecule has 2 rings (SSSR count). The molecule has 0 heterocycles. The fraction of sp³-hybridized carbons (Fsp3) is 0.316. The predicted octanol–water partition coefficient (Wildman–Crippen LogP) is 3.63. The Balaban J connectivity index is 2.35. The molecule has 5 heteroatoms. The zero-order valence-electron chi connectivity index (χ0n) is 14.7. The Kier molecular flexibility index (Phi) is 5.34. The lowest BCUT2D eigenvalue weighted by atomic mass is 9.83. The van der Waals surface area contributed by atoms with Crippen LogP contribution >= 0.6 is 0 Å². The summed E-state index contributed by atoms with van der Waals surface area (Å²) >= 11 is 0. The van der Waals surface area contributed by atoms with Crippen molar-refractivity contribution in [1.29, 1.82) is 0 Å². The van der Waals surface area contributed by atoms with Crippen LogP contribution in [0.5, 0.6) is 17.2 Å². The topological polar surface area (TPSA) is 56.8 Å². The fourth-order valence-electron chi connectivity index (χ4n) is 2.47. The van der Waals surface area contributed by atoms with Crippen LogP contribution in [0.4, 0.5) is 5.69 Å². The molecule has 0 saturated heterocycles. The molecule has 0 bridgehead atoms. The Morgan fingerprint density at radius 1 is 0.917 bits per heavy atom. The minimum atomic E-state index is -0.791. The second kappa shape index (κ2) is 7.25. The summed E-state index contributed by atoms with van der Waals surface area (Å²) in [6, 6.07) is 12.8. The van der Waals surface area contributed by atoms with Gasteiger partial charge >= 0.3 is 0 Å². The maximum Gasteiger partial charge on any atom is 0.234 e. The summed E-state index contributed by atoms with van der Waals surface area (Å²) < 4.78 is 15.9. The first kappa shape index (κ1) is 17.7. The van der Waals surface area contributed by atoms with Crippen molar-refractivity contribution in [3.8, 4) is 17.2 Å². The first-order valence-corrected chi connectivity index (χ1v) is 7.61. The van der Waals surface area contributed by atoms with Crippen molar-refractivity contribution >= 4 is 11.6 Å². The smallest absolute Gasteiger partial charge is 0.234 e. The quantitative estimate of drug-likeness (QED) is 0.879. The van der Waals surface area contributed by atoms with Gasteiger partial charge in [-0.05, 0) is 32.0 Å². The number of benzene rings is 2. The molecular formula is C19H23NO4. The number of carbonyl (C=O) groups excluding carboxylic acids is 1. The number of hydrogen-bond donors (Lipinski definition) is 1. The van der Waals surface area contributed by atoms with Crippen molar-refractivity contribution in [3.05, 3.63) is 48.0 Å². The van der Waals surface area contributed by atoms with Crippen LogP contribution < -0.4 is 19.5 Å². The van der Waals surface area contributed by atoms with Gasteiger partial charge in [-0.2, -0.15) is 0 Å². The van der Waals surface area contributed by atoms with E-state index in [0.717, 1.165) is 5.56 Å². The van der Waals surface area contributed by atoms with Gasteiger partial charge in [-0.1, -0.05) is 18.2 Å². The molecule has 1 amide bonds. The van der Waals surface area contributed by atoms with Gasteiger partial charge in [0.2, 0.25) is 5.91 Å². The minimum absolute atomic E-state index is 0.168. The van der Waals surface area contributed by atoms with Crippen molar-refractivity contribution in [2.75, 3.05) is 26.6 Å². The van der Waals surface area contributed by atoms with E-state index in [1.165, 1.54) is 0 Å². The average molecular weight is 329 g/mol. The molecule has 0 aromatic heterocycles. The Labute approximate surface area is 142 Å². The van der Waals surface area contributed by atoms with E-state index in [0.29, 0.717) is 22.9 Å². The second-order valence-electron chi connectivity index (χ2n) is 5.85. The number of carbonyl (C=O) groups is 1. The van der Waals surface area contributed by atoms with Gasteiger partial charge in [0, 0.05) is 11.6 Å². The van der Waals surface area contributed by atoms with Gasteiger partial charge in [0.1, 0.15) is 17.2 Å². The van der Waals surface area contributed by atoms with Crippen LogP contribution in [0.25, 0.3) is 0 Å². The lowest BCUT2D eigenvalue weighted by molar-refractivity contribution is -0.120. The van der Waals surface area contributed by atoms with E-state index in [-0.39, 0.29) is 5.91 Å². The average Bonchev–Trinajstić information content (AvgIpc) is 2.61. The SMILES string of the molecule is COc1ccc(OC)c(NC(=O)C(C)(C)c2ccccc2OC)c1. The molecule has 128 valence electrons. The molecule has 2 aromatic carbocycles. The molecule has 24 heavy (non-hydrogen) atoms. The zero-order valence-corrected chi connectivity index (χ0v) is 14.7. The summed E-state index contributed by atoms with van der Waals surface area (Å²) in [7, 11) is 4.73. The van der Waals surface area contributed by atoms with Crippen molar-refractivity contribution in [3.63, 3.8) is 0 Å². The molecule has 0 saturated carbocycles. The molecule has 0 spiro atoms. The summed E-state index contributed by atoms with van der Waals surface area (Å²) in [5.41, 5.74) is 0.581. The maximum absolute atomic E-state index is 12.9. The van der Waals surface area contributed by atoms with Crippen LogP contribution in [-0.4, -0.2) is 27.2 Å². The minimum Gasteiger partial charge on any atom is -0.497 e. The highest BCUT2D eigenvalue weighted by atomic mass is 16.5. The Bertz CT molecular complexity index is 725. The van der Waals surface area contributed by atoms with Gasteiger partial charge in [0.15, 0.2) is 0 Å². The second-order valence-corrected chi connectivity index (χ2v) is 5.85. The van der Waals surface area contributed by atoms with Gasteiger partial charge < -0.3 is 19.5 Å². The van der Waals surface area contributed by atoms with Crippen LogP contribution in [0, 0.1) is 0 Å². The van der Waals surface area contributed by atoms with Gasteiger partial charge in [-0.25, -0.2) is 0 Å². The number of ether oxygens (including phenoxy) is 3. The molecule has 0 aliphatic heterocycles. The van der Waals surface area contributed by atoms with Gasteiger partial charge in [-0.3, -0.25) is 4.79 Å². The Morgan fingerprint density at radius 3 is 2.21 bits per heavy atom. The maximum atomic E-state index is 12.9. The summed E-state index contributed by atoms with van der Waals surface area (Å²) in [6.07, 6.45) is 0. The highest BCUT2D eigenvalue weighted by molar-refractivity contribution is 6.00. The molecule has 0 unspecified atom stereocenters. The van der Waals surface area contributed by atoms with Crippen molar-refractivity contribution in [2.45, 2.75) is 19.3 Å². The largest absolute Gasteiger partial charge is 0.497 e. The molecule has 5 nitrogen and oxygen atoms in total. The Morgan fingerprint density at radius 2 is 1.58 bits per heavy atom. The van der Waals surface area contributed by atoms with Gasteiger partial charge in [-0.15, -0.1) is 0 Å². The van der Waals surface area contributed by atoms with E-state index in [4.69, 9.17) is 14.2 Å². The number of rotatable bonds is 6. The number of methoxy groups -OCH3 is 3. The standard InChI is InChI=1S/C19H23NO4/c1-19(2,14-8-6-7-9-16(14)23-4)18(21)20-15-12-13(22-3)10-11-17(15)24-5/h6-12H,1-5H3,(H,20,21). The monoisotopic (exact) mass is 329 g/mol. The third kappa shape index (κ3) is 3.45. The molecule has 0 atom stereocenters. The Hall–Kier alpha value is -2.69. The molecule has 0 fully saturated rings. The van der Waals surface area contributed by atoms with E-state index >= 15 is 0 Å². The van der Waals surface area contributed by atoms with Crippen molar-refractivity contribution < 1.29 is 19.0 Å². The summed E-state index contributed by atoms with van der Waals surface area (Å²) in [5.74, 6) is 1.72. The van der Waals surface area contributed by atoms with Gasteiger partial charge in [0.05, 0.1) is 32.4 Å². The lowest BCUT2D eigenvalue weighted by Crippen LogP contribution is -2.35. The lowest BCUT2D eigenvalue weighted by Gasteiger charge is -2.26. The van der Waals surface area contributed by atoms with E-state index in [9.17, 15) is 4.79 Å². The number of para-hydroxylation sites is 1. The summed E-state index contributed by atoms with van der Waals surface area (Å²) in [6.45, 7) is 3.71.